The van der Waals surface area contributed by atoms with Crippen molar-refractivity contribution < 1.29 is 13.2 Å². The summed E-state index contributed by atoms with van der Waals surface area (Å²) in [5, 5.41) is 3.26. The minimum atomic E-state index is -3.50. The quantitative estimate of drug-likeness (QED) is 0.790. The first-order valence-electron chi connectivity index (χ1n) is 7.55. The predicted octanol–water partition coefficient (Wildman–Crippen LogP) is 3.21. The maximum Gasteiger partial charge on any atom is 0.240 e. The highest BCUT2D eigenvalue weighted by molar-refractivity contribution is 7.89. The Hall–Kier alpha value is -1.89. The molecule has 0 bridgehead atoms. The van der Waals surface area contributed by atoms with Crippen LogP contribution in [0.1, 0.15) is 18.9 Å². The Balaban J connectivity index is 2.01. The van der Waals surface area contributed by atoms with Gasteiger partial charge in [0.05, 0.1) is 11.3 Å². The molecule has 1 amide bonds. The van der Waals surface area contributed by atoms with E-state index >= 15 is 0 Å². The highest BCUT2D eigenvalue weighted by Crippen LogP contribution is 2.17. The summed E-state index contributed by atoms with van der Waals surface area (Å²) < 4.78 is 26.5. The highest BCUT2D eigenvalue weighted by atomic mass is 35.5. The number of hydrogen-bond acceptors (Lipinski definition) is 3. The number of carbonyl (C=O) groups is 1. The van der Waals surface area contributed by atoms with E-state index in [1.807, 2.05) is 13.0 Å². The van der Waals surface area contributed by atoms with E-state index in [0.717, 1.165) is 12.0 Å². The number of anilines is 1. The van der Waals surface area contributed by atoms with Gasteiger partial charge in [-0.3, -0.25) is 4.79 Å². The molecular formula is C17H19ClN2O3S. The van der Waals surface area contributed by atoms with E-state index in [4.69, 9.17) is 11.6 Å². The summed E-state index contributed by atoms with van der Waals surface area (Å²) >= 11 is 6.03. The average Bonchev–Trinajstić information content (AvgIpc) is 2.55. The molecule has 0 heterocycles. The van der Waals surface area contributed by atoms with Crippen LogP contribution in [0.2, 0.25) is 5.02 Å². The standard InChI is InChI=1S/C17H19ClN2O3S/c1-2-11-19-24(22,23)15-9-7-14(8-10-15)20-17(21)12-13-5-3-4-6-16(13)18/h3-10,19H,2,11-12H2,1H3,(H,20,21). The van der Waals surface area contributed by atoms with Gasteiger partial charge in [-0.2, -0.15) is 0 Å². The monoisotopic (exact) mass is 366 g/mol. The highest BCUT2D eigenvalue weighted by Gasteiger charge is 2.13. The van der Waals surface area contributed by atoms with Gasteiger partial charge >= 0.3 is 0 Å². The van der Waals surface area contributed by atoms with Crippen LogP contribution in [-0.2, 0) is 21.2 Å². The minimum absolute atomic E-state index is 0.151. The van der Waals surface area contributed by atoms with Crippen LogP contribution in [0, 0.1) is 0 Å². The summed E-state index contributed by atoms with van der Waals surface area (Å²) in [6.45, 7) is 2.28. The number of rotatable bonds is 7. The Morgan fingerprint density at radius 1 is 1.08 bits per heavy atom. The number of amides is 1. The van der Waals surface area contributed by atoms with Crippen LogP contribution in [0.25, 0.3) is 0 Å². The van der Waals surface area contributed by atoms with Crippen LogP contribution >= 0.6 is 11.6 Å². The normalized spacial score (nSPS) is 11.2. The van der Waals surface area contributed by atoms with Crippen LogP contribution in [0.5, 0.6) is 0 Å². The third kappa shape index (κ3) is 5.06. The molecule has 0 saturated heterocycles. The van der Waals surface area contributed by atoms with Gasteiger partial charge in [0, 0.05) is 17.3 Å². The summed E-state index contributed by atoms with van der Waals surface area (Å²) in [6, 6.07) is 13.2. The first-order chi connectivity index (χ1) is 11.4. The van der Waals surface area contributed by atoms with Crippen molar-refractivity contribution >= 4 is 33.2 Å². The summed E-state index contributed by atoms with van der Waals surface area (Å²) in [5.74, 6) is -0.220. The Morgan fingerprint density at radius 3 is 2.38 bits per heavy atom. The summed E-state index contributed by atoms with van der Waals surface area (Å²) in [6.07, 6.45) is 0.868. The zero-order valence-corrected chi connectivity index (χ0v) is 14.8. The zero-order chi connectivity index (χ0) is 17.6. The van der Waals surface area contributed by atoms with Crippen molar-refractivity contribution in [2.75, 3.05) is 11.9 Å². The molecule has 2 rings (SSSR count). The summed E-state index contributed by atoms with van der Waals surface area (Å²) in [7, 11) is -3.50. The molecule has 5 nitrogen and oxygen atoms in total. The molecule has 0 saturated carbocycles. The van der Waals surface area contributed by atoms with E-state index in [1.54, 1.807) is 30.3 Å². The fraction of sp³-hybridized carbons (Fsp3) is 0.235. The van der Waals surface area contributed by atoms with E-state index in [-0.39, 0.29) is 17.2 Å². The van der Waals surface area contributed by atoms with Gasteiger partial charge in [-0.05, 0) is 42.3 Å². The van der Waals surface area contributed by atoms with Gasteiger partial charge in [0.15, 0.2) is 0 Å². The lowest BCUT2D eigenvalue weighted by atomic mass is 10.1. The fourth-order valence-corrected chi connectivity index (χ4v) is 3.39. The summed E-state index contributed by atoms with van der Waals surface area (Å²) in [5.41, 5.74) is 1.26. The summed E-state index contributed by atoms with van der Waals surface area (Å²) in [4.78, 5) is 12.2. The van der Waals surface area contributed by atoms with Crippen molar-refractivity contribution in [2.45, 2.75) is 24.7 Å². The average molecular weight is 367 g/mol. The van der Waals surface area contributed by atoms with E-state index in [1.165, 1.54) is 12.1 Å². The van der Waals surface area contributed by atoms with Crippen molar-refractivity contribution in [2.24, 2.45) is 0 Å². The molecule has 0 unspecified atom stereocenters. The van der Waals surface area contributed by atoms with Crippen LogP contribution in [0.15, 0.2) is 53.4 Å². The van der Waals surface area contributed by atoms with Crippen LogP contribution in [0.4, 0.5) is 5.69 Å². The Morgan fingerprint density at radius 2 is 1.75 bits per heavy atom. The van der Waals surface area contributed by atoms with Gasteiger partial charge in [-0.25, -0.2) is 13.1 Å². The van der Waals surface area contributed by atoms with Gasteiger partial charge in [-0.1, -0.05) is 36.7 Å². The number of halogens is 1. The number of benzene rings is 2. The molecule has 0 aromatic heterocycles. The van der Waals surface area contributed by atoms with Crippen LogP contribution in [0.3, 0.4) is 0 Å². The molecule has 0 atom stereocenters. The van der Waals surface area contributed by atoms with E-state index < -0.39 is 10.0 Å². The predicted molar refractivity (Wildman–Crippen MR) is 95.7 cm³/mol. The van der Waals surface area contributed by atoms with E-state index in [2.05, 4.69) is 10.0 Å². The third-order valence-corrected chi connectivity index (χ3v) is 5.14. The zero-order valence-electron chi connectivity index (χ0n) is 13.3. The minimum Gasteiger partial charge on any atom is -0.326 e. The smallest absolute Gasteiger partial charge is 0.240 e. The molecule has 24 heavy (non-hydrogen) atoms. The van der Waals surface area contributed by atoms with Gasteiger partial charge in [0.2, 0.25) is 15.9 Å². The van der Waals surface area contributed by atoms with Crippen molar-refractivity contribution in [1.29, 1.82) is 0 Å². The van der Waals surface area contributed by atoms with Crippen LogP contribution < -0.4 is 10.0 Å². The first-order valence-corrected chi connectivity index (χ1v) is 9.41. The largest absolute Gasteiger partial charge is 0.326 e. The first kappa shape index (κ1) is 18.4. The topological polar surface area (TPSA) is 75.3 Å². The molecule has 0 radical (unpaired) electrons. The van der Waals surface area contributed by atoms with Gasteiger partial charge < -0.3 is 5.32 Å². The van der Waals surface area contributed by atoms with Crippen molar-refractivity contribution in [3.8, 4) is 0 Å². The Kier molecular flexibility index (Phi) is 6.36. The lowest BCUT2D eigenvalue weighted by Gasteiger charge is -2.09. The van der Waals surface area contributed by atoms with Crippen molar-refractivity contribution in [3.63, 3.8) is 0 Å². The third-order valence-electron chi connectivity index (χ3n) is 3.30. The molecule has 2 aromatic rings. The van der Waals surface area contributed by atoms with Gasteiger partial charge in [0.25, 0.3) is 0 Å². The van der Waals surface area contributed by atoms with Crippen LogP contribution in [-0.4, -0.2) is 20.9 Å². The molecule has 0 aliphatic rings. The Labute approximate surface area is 147 Å². The maximum atomic E-state index is 12.1. The second-order valence-electron chi connectivity index (χ2n) is 5.24. The number of carbonyl (C=O) groups excluding carboxylic acids is 1. The van der Waals surface area contributed by atoms with E-state index in [0.29, 0.717) is 17.3 Å². The number of nitrogens with one attached hydrogen (secondary N) is 2. The molecule has 128 valence electrons. The fourth-order valence-electron chi connectivity index (χ4n) is 2.06. The van der Waals surface area contributed by atoms with Gasteiger partial charge in [-0.15, -0.1) is 0 Å². The lowest BCUT2D eigenvalue weighted by molar-refractivity contribution is -0.115. The molecule has 0 spiro atoms. The molecule has 0 aliphatic heterocycles. The van der Waals surface area contributed by atoms with E-state index in [9.17, 15) is 13.2 Å². The van der Waals surface area contributed by atoms with Crippen molar-refractivity contribution in [1.82, 2.24) is 4.72 Å². The molecule has 2 aromatic carbocycles. The maximum absolute atomic E-state index is 12.1. The molecule has 0 fully saturated rings. The second kappa shape index (κ2) is 8.28. The lowest BCUT2D eigenvalue weighted by Crippen LogP contribution is -2.24. The molecule has 7 heteroatoms. The SMILES string of the molecule is CCCNS(=O)(=O)c1ccc(NC(=O)Cc2ccccc2Cl)cc1. The second-order valence-corrected chi connectivity index (χ2v) is 7.41. The Bertz CT molecular complexity index is 805. The van der Waals surface area contributed by atoms with Crippen molar-refractivity contribution in [3.05, 3.63) is 59.1 Å². The molecule has 0 aliphatic carbocycles. The molecular weight excluding hydrogens is 348 g/mol. The molecule has 2 N–H and O–H groups in total. The number of hydrogen-bond donors (Lipinski definition) is 2. The van der Waals surface area contributed by atoms with Gasteiger partial charge in [0.1, 0.15) is 0 Å². The number of sulfonamides is 1.